The number of amides is 1. The molecule has 0 N–H and O–H groups in total. The summed E-state index contributed by atoms with van der Waals surface area (Å²) in [4.78, 5) is 52.2. The van der Waals surface area contributed by atoms with Gasteiger partial charge in [-0.25, -0.2) is 4.39 Å². The van der Waals surface area contributed by atoms with Crippen molar-refractivity contribution in [1.82, 2.24) is 4.90 Å². The van der Waals surface area contributed by atoms with E-state index in [-0.39, 0.29) is 42.2 Å². The molecule has 3 saturated carbocycles. The van der Waals surface area contributed by atoms with Gasteiger partial charge in [-0.15, -0.1) is 0 Å². The molecule has 4 rings (SSSR count). The maximum absolute atomic E-state index is 15.3. The van der Waals surface area contributed by atoms with E-state index >= 15 is 4.39 Å². The number of Topliss-reactive ketones (excluding diaryl/α,β-unsaturated/α-hetero) is 2. The van der Waals surface area contributed by atoms with Gasteiger partial charge < -0.3 is 4.90 Å². The van der Waals surface area contributed by atoms with Gasteiger partial charge in [0.05, 0.1) is 0 Å². The summed E-state index contributed by atoms with van der Waals surface area (Å²) in [5, 5.41) is 0. The third-order valence-corrected chi connectivity index (χ3v) is 8.47. The predicted octanol–water partition coefficient (Wildman–Crippen LogP) is 2.94. The lowest BCUT2D eigenvalue weighted by molar-refractivity contribution is -0.153. The van der Waals surface area contributed by atoms with Gasteiger partial charge in [-0.2, -0.15) is 0 Å². The molecule has 0 bridgehead atoms. The van der Waals surface area contributed by atoms with Crippen LogP contribution in [0.25, 0.3) is 0 Å². The van der Waals surface area contributed by atoms with Gasteiger partial charge in [0, 0.05) is 37.8 Å². The van der Waals surface area contributed by atoms with E-state index in [2.05, 4.69) is 0 Å². The predicted molar refractivity (Wildman–Crippen MR) is 109 cm³/mol. The molecule has 0 aromatic rings. The minimum atomic E-state index is -1.28. The Morgan fingerprint density at radius 3 is 2.47 bits per heavy atom. The molecule has 0 saturated heterocycles. The van der Waals surface area contributed by atoms with Gasteiger partial charge in [-0.3, -0.25) is 19.2 Å². The molecule has 4 aliphatic carbocycles. The second-order valence-corrected chi connectivity index (χ2v) is 10.5. The van der Waals surface area contributed by atoms with Gasteiger partial charge in [-0.05, 0) is 53.7 Å². The van der Waals surface area contributed by atoms with Crippen molar-refractivity contribution in [2.24, 2.45) is 40.4 Å². The maximum Gasteiger partial charge on any atom is 0.289 e. The summed E-state index contributed by atoms with van der Waals surface area (Å²) in [5.41, 5.74) is -1.04. The first-order valence-corrected chi connectivity index (χ1v) is 10.8. The maximum atomic E-state index is 15.3. The first-order chi connectivity index (χ1) is 13.9. The first kappa shape index (κ1) is 21.1. The zero-order valence-electron chi connectivity index (χ0n) is 18.3. The Bertz CT molecular complexity index is 905. The van der Waals surface area contributed by atoms with Crippen LogP contribution in [0.2, 0.25) is 0 Å². The molecule has 0 unspecified atom stereocenters. The van der Waals surface area contributed by atoms with Crippen molar-refractivity contribution < 1.29 is 23.6 Å². The summed E-state index contributed by atoms with van der Waals surface area (Å²) >= 11 is 0. The summed E-state index contributed by atoms with van der Waals surface area (Å²) in [6.45, 7) is 5.78. The molecule has 1 amide bonds. The zero-order chi connectivity index (χ0) is 22.2. The fraction of sp³-hybridized carbons (Fsp3) is 0.667. The molecule has 0 radical (unpaired) electrons. The number of nitrogens with zero attached hydrogens (tertiary/aromatic N) is 1. The largest absolute Gasteiger partial charge is 0.342 e. The Kier molecular flexibility index (Phi) is 4.72. The van der Waals surface area contributed by atoms with E-state index in [0.29, 0.717) is 12.0 Å². The molecule has 5 nitrogen and oxygen atoms in total. The number of halogens is 1. The highest BCUT2D eigenvalue weighted by molar-refractivity contribution is 6.37. The van der Waals surface area contributed by atoms with Crippen molar-refractivity contribution in [1.29, 1.82) is 0 Å². The minimum absolute atomic E-state index is 0.0123. The number of hydrogen-bond donors (Lipinski definition) is 0. The van der Waals surface area contributed by atoms with Crippen LogP contribution >= 0.6 is 0 Å². The first-order valence-electron chi connectivity index (χ1n) is 10.8. The van der Waals surface area contributed by atoms with E-state index in [4.69, 9.17) is 0 Å². The lowest BCUT2D eigenvalue weighted by Gasteiger charge is -2.56. The van der Waals surface area contributed by atoms with Gasteiger partial charge in [0.1, 0.15) is 12.0 Å². The van der Waals surface area contributed by atoms with Crippen LogP contribution in [0, 0.1) is 40.4 Å². The van der Waals surface area contributed by atoms with Gasteiger partial charge in [0.15, 0.2) is 5.78 Å². The van der Waals surface area contributed by atoms with Crippen LogP contribution in [-0.4, -0.2) is 48.4 Å². The van der Waals surface area contributed by atoms with Crippen molar-refractivity contribution in [2.45, 2.75) is 46.2 Å². The number of fused-ring (bicyclic) bond motifs is 5. The fourth-order valence-corrected chi connectivity index (χ4v) is 7.32. The molecule has 30 heavy (non-hydrogen) atoms. The molecule has 0 spiro atoms. The Balaban J connectivity index is 1.75. The van der Waals surface area contributed by atoms with Crippen molar-refractivity contribution in [3.8, 4) is 0 Å². The van der Waals surface area contributed by atoms with E-state index < -0.39 is 40.5 Å². The van der Waals surface area contributed by atoms with Crippen LogP contribution in [0.1, 0.15) is 40.0 Å². The molecule has 162 valence electrons. The molecule has 0 aliphatic heterocycles. The molecular formula is C24H30FNO4. The normalized spacial score (nSPS) is 44.7. The number of ketones is 3. The zero-order valence-corrected chi connectivity index (χ0v) is 18.3. The van der Waals surface area contributed by atoms with Crippen molar-refractivity contribution >= 4 is 23.3 Å². The van der Waals surface area contributed by atoms with E-state index in [1.807, 2.05) is 20.8 Å². The fourth-order valence-electron chi connectivity index (χ4n) is 7.32. The van der Waals surface area contributed by atoms with Crippen LogP contribution in [0.15, 0.2) is 23.8 Å². The lowest BCUT2D eigenvalue weighted by atomic mass is 9.47. The lowest BCUT2D eigenvalue weighted by Crippen LogP contribution is -2.57. The SMILES string of the molecule is C[C@@H]1C[C@H]2[C@@H]3C[C@H](F)C4=CC(=O)C=C[C@]4(C)[C@H]3C(=O)C[C@]2(C)[C@H]1C(=O)C(=O)N(C)C. The molecule has 0 aromatic heterocycles. The number of carbonyl (C=O) groups is 4. The summed E-state index contributed by atoms with van der Waals surface area (Å²) < 4.78 is 15.3. The molecule has 3 fully saturated rings. The van der Waals surface area contributed by atoms with E-state index in [1.54, 1.807) is 20.2 Å². The second-order valence-electron chi connectivity index (χ2n) is 10.5. The summed E-state index contributed by atoms with van der Waals surface area (Å²) in [6, 6.07) is 0. The van der Waals surface area contributed by atoms with E-state index in [0.717, 1.165) is 0 Å². The standard InChI is InChI=1S/C24H30FNO4/c1-12-8-15-14-10-17(25)16-9-13(27)6-7-23(16,2)20(14)18(28)11-24(15,3)19(12)21(29)22(30)26(4)5/h6-7,9,12,14-15,17,19-20H,8,10-11H2,1-5H3/t12-,14+,15+,17+,19-,20-,23+,24+/m1/s1. The average molecular weight is 416 g/mol. The van der Waals surface area contributed by atoms with Gasteiger partial charge in [0.25, 0.3) is 5.91 Å². The molecular weight excluding hydrogens is 385 g/mol. The van der Waals surface area contributed by atoms with Crippen LogP contribution in [0.4, 0.5) is 4.39 Å². The van der Waals surface area contributed by atoms with Crippen LogP contribution in [-0.2, 0) is 19.2 Å². The number of allylic oxidation sites excluding steroid dienone is 4. The highest BCUT2D eigenvalue weighted by Gasteiger charge is 2.66. The van der Waals surface area contributed by atoms with Crippen LogP contribution in [0.3, 0.4) is 0 Å². The second kappa shape index (κ2) is 6.69. The van der Waals surface area contributed by atoms with E-state index in [1.165, 1.54) is 17.1 Å². The number of hydrogen-bond acceptors (Lipinski definition) is 4. The van der Waals surface area contributed by atoms with Crippen molar-refractivity contribution in [2.75, 3.05) is 14.1 Å². The summed E-state index contributed by atoms with van der Waals surface area (Å²) in [7, 11) is 3.11. The van der Waals surface area contributed by atoms with Crippen LogP contribution in [0.5, 0.6) is 0 Å². The molecule has 8 atom stereocenters. The van der Waals surface area contributed by atoms with Crippen molar-refractivity contribution in [3.05, 3.63) is 23.8 Å². The third kappa shape index (κ3) is 2.71. The Labute approximate surface area is 176 Å². The Morgan fingerprint density at radius 2 is 1.83 bits per heavy atom. The highest BCUT2D eigenvalue weighted by Crippen LogP contribution is 2.66. The molecule has 6 heteroatoms. The quantitative estimate of drug-likeness (QED) is 0.650. The number of likely N-dealkylation sites (N-methyl/N-ethyl adjacent to an activating group) is 1. The Morgan fingerprint density at radius 1 is 1.17 bits per heavy atom. The number of alkyl halides is 1. The topological polar surface area (TPSA) is 71.5 Å². The van der Waals surface area contributed by atoms with Crippen LogP contribution < -0.4 is 0 Å². The summed E-state index contributed by atoms with van der Waals surface area (Å²) in [6.07, 6.45) is 4.34. The van der Waals surface area contributed by atoms with Crippen molar-refractivity contribution in [3.63, 3.8) is 0 Å². The van der Waals surface area contributed by atoms with Gasteiger partial charge in [-0.1, -0.05) is 26.8 Å². The Hall–Kier alpha value is -2.11. The number of carbonyl (C=O) groups excluding carboxylic acids is 4. The molecule has 0 heterocycles. The van der Waals surface area contributed by atoms with Gasteiger partial charge >= 0.3 is 0 Å². The third-order valence-electron chi connectivity index (χ3n) is 8.47. The van der Waals surface area contributed by atoms with Gasteiger partial charge in [0.2, 0.25) is 5.78 Å². The number of rotatable bonds is 2. The minimum Gasteiger partial charge on any atom is -0.342 e. The summed E-state index contributed by atoms with van der Waals surface area (Å²) in [5.74, 6) is -2.40. The molecule has 4 aliphatic rings. The monoisotopic (exact) mass is 415 g/mol. The molecule has 0 aromatic carbocycles. The average Bonchev–Trinajstić information content (AvgIpc) is 2.91. The highest BCUT2D eigenvalue weighted by atomic mass is 19.1. The van der Waals surface area contributed by atoms with E-state index in [9.17, 15) is 19.2 Å². The smallest absolute Gasteiger partial charge is 0.289 e.